The first-order valence-electron chi connectivity index (χ1n) is 18.0. The maximum Gasteiger partial charge on any atom is 0.374 e. The van der Waals surface area contributed by atoms with Gasteiger partial charge < -0.3 is 19.0 Å². The number of nitrogens with one attached hydrogen (secondary N) is 1. The Balaban J connectivity index is 1.31. The summed E-state index contributed by atoms with van der Waals surface area (Å²) in [5.74, 6) is 2.46. The van der Waals surface area contributed by atoms with Crippen molar-refractivity contribution in [2.45, 2.75) is 66.3 Å². The molecule has 6 rings (SSSR count). The maximum atomic E-state index is 6.63. The fourth-order valence-electron chi connectivity index (χ4n) is 7.35. The number of aromatic nitrogens is 1. The van der Waals surface area contributed by atoms with Crippen LogP contribution in [0.5, 0.6) is 5.75 Å². The summed E-state index contributed by atoms with van der Waals surface area (Å²) in [5.41, 5.74) is 8.94. The fraction of sp³-hybridized carbons (Fsp3) is 0.326. The van der Waals surface area contributed by atoms with E-state index in [1.54, 1.807) is 0 Å². The molecule has 1 aromatic heterocycles. The molecule has 248 valence electrons. The standard InChI is InChI=1S/C43H50N3O2/c1-5-25-46(26-6-2,27-7-3)28-15-24-45-39-32-37(35-18-13-10-14-19-35)21-23-41(39)48-43(45)30-33(8-4)29-42-44-38-31-36(20-22-40(38)47-42)34-16-11-9-12-17-34/h9-14,16-23,29-32H,5-8,15,24-28H2,1-4H3/q+1/p+1. The molecule has 0 radical (unpaired) electrons. The van der Waals surface area contributed by atoms with Crippen molar-refractivity contribution in [3.63, 3.8) is 0 Å². The van der Waals surface area contributed by atoms with Gasteiger partial charge in [-0.05, 0) is 71.7 Å². The minimum Gasteiger partial charge on any atom is -0.439 e. The lowest BCUT2D eigenvalue weighted by atomic mass is 10.1. The predicted molar refractivity (Wildman–Crippen MR) is 200 cm³/mol. The van der Waals surface area contributed by atoms with Gasteiger partial charge in [0.2, 0.25) is 5.58 Å². The van der Waals surface area contributed by atoms with Crippen LogP contribution in [-0.2, 0) is 6.54 Å². The highest BCUT2D eigenvalue weighted by molar-refractivity contribution is 5.79. The van der Waals surface area contributed by atoms with E-state index in [1.165, 1.54) is 66.6 Å². The van der Waals surface area contributed by atoms with Crippen LogP contribution in [0.15, 0.2) is 119 Å². The fourth-order valence-corrected chi connectivity index (χ4v) is 7.35. The number of benzene rings is 4. The summed E-state index contributed by atoms with van der Waals surface area (Å²) >= 11 is 0. The van der Waals surface area contributed by atoms with Crippen LogP contribution < -0.4 is 14.6 Å². The largest absolute Gasteiger partial charge is 0.439 e. The van der Waals surface area contributed by atoms with Crippen LogP contribution in [0.3, 0.4) is 0 Å². The number of quaternary nitrogens is 1. The Bertz CT molecular complexity index is 1850. The van der Waals surface area contributed by atoms with Gasteiger partial charge >= 0.3 is 5.89 Å². The van der Waals surface area contributed by atoms with Crippen molar-refractivity contribution in [1.82, 2.24) is 0 Å². The van der Waals surface area contributed by atoms with E-state index in [0.717, 1.165) is 64.8 Å². The van der Waals surface area contributed by atoms with E-state index in [9.17, 15) is 0 Å². The van der Waals surface area contributed by atoms with E-state index < -0.39 is 0 Å². The third kappa shape index (κ3) is 7.58. The second-order valence-corrected chi connectivity index (χ2v) is 13.1. The van der Waals surface area contributed by atoms with Gasteiger partial charge in [0.05, 0.1) is 44.4 Å². The van der Waals surface area contributed by atoms with Crippen molar-refractivity contribution < 1.29 is 18.2 Å². The summed E-state index contributed by atoms with van der Waals surface area (Å²) in [6, 6.07) is 34.0. The molecule has 0 fully saturated rings. The minimum atomic E-state index is 0.734. The van der Waals surface area contributed by atoms with Crippen LogP contribution >= 0.6 is 0 Å². The normalized spacial score (nSPS) is 13.9. The number of nitrogens with zero attached hydrogens (tertiary/aromatic N) is 2. The quantitative estimate of drug-likeness (QED) is 0.0913. The van der Waals surface area contributed by atoms with E-state index in [1.807, 2.05) is 12.1 Å². The lowest BCUT2D eigenvalue weighted by Crippen LogP contribution is -2.51. The van der Waals surface area contributed by atoms with Crippen LogP contribution in [0.4, 0.5) is 5.69 Å². The molecule has 1 aliphatic rings. The molecule has 0 atom stereocenters. The highest BCUT2D eigenvalue weighted by atomic mass is 16.5. The summed E-state index contributed by atoms with van der Waals surface area (Å²) < 4.78 is 16.5. The molecule has 4 aromatic carbocycles. The molecule has 0 saturated heterocycles. The van der Waals surface area contributed by atoms with E-state index in [2.05, 4.69) is 135 Å². The lowest BCUT2D eigenvalue weighted by Gasteiger charge is -2.38. The van der Waals surface area contributed by atoms with Gasteiger partial charge in [-0.1, -0.05) is 100 Å². The van der Waals surface area contributed by atoms with Gasteiger partial charge in [0.15, 0.2) is 18.2 Å². The Morgan fingerprint density at radius 2 is 1.33 bits per heavy atom. The molecule has 5 nitrogen and oxygen atoms in total. The molecule has 5 heteroatoms. The van der Waals surface area contributed by atoms with Crippen molar-refractivity contribution in [2.75, 3.05) is 31.5 Å². The van der Waals surface area contributed by atoms with Crippen LogP contribution in [0, 0.1) is 0 Å². The molecule has 0 bridgehead atoms. The molecule has 0 aliphatic carbocycles. The molecule has 0 saturated carbocycles. The average Bonchev–Trinajstić information content (AvgIpc) is 3.68. The van der Waals surface area contributed by atoms with E-state index in [0.29, 0.717) is 0 Å². The topological polar surface area (TPSA) is 38.3 Å². The van der Waals surface area contributed by atoms with Gasteiger partial charge in [0.1, 0.15) is 0 Å². The first-order valence-corrected chi connectivity index (χ1v) is 18.0. The summed E-state index contributed by atoms with van der Waals surface area (Å²) in [6.45, 7) is 15.0. The second kappa shape index (κ2) is 15.5. The summed E-state index contributed by atoms with van der Waals surface area (Å²) in [4.78, 5) is 0. The third-order valence-electron chi connectivity index (χ3n) is 9.54. The molecular formula is C43H51N3O2+2. The van der Waals surface area contributed by atoms with Crippen molar-refractivity contribution in [3.05, 3.63) is 120 Å². The molecule has 1 aliphatic heterocycles. The Kier molecular flexibility index (Phi) is 10.8. The molecule has 1 N–H and O–H groups in total. The number of rotatable bonds is 15. The highest BCUT2D eigenvalue weighted by Crippen LogP contribution is 2.37. The van der Waals surface area contributed by atoms with Gasteiger partial charge in [-0.3, -0.25) is 0 Å². The number of oxazole rings is 1. The molecule has 0 amide bonds. The Morgan fingerprint density at radius 1 is 0.708 bits per heavy atom. The van der Waals surface area contributed by atoms with E-state index in [-0.39, 0.29) is 0 Å². The van der Waals surface area contributed by atoms with Gasteiger partial charge in [-0.25, -0.2) is 0 Å². The first kappa shape index (κ1) is 33.3. The zero-order chi connectivity index (χ0) is 33.3. The van der Waals surface area contributed by atoms with E-state index in [4.69, 9.17) is 9.15 Å². The Hall–Kier alpha value is -4.61. The molecule has 0 spiro atoms. The Morgan fingerprint density at radius 3 is 1.96 bits per heavy atom. The number of hydrogen-bond donors (Lipinski definition) is 1. The third-order valence-corrected chi connectivity index (χ3v) is 9.54. The van der Waals surface area contributed by atoms with Gasteiger partial charge in [0.25, 0.3) is 5.52 Å². The molecular weight excluding hydrogens is 590 g/mol. The first-order chi connectivity index (χ1) is 23.5. The van der Waals surface area contributed by atoms with Crippen molar-refractivity contribution in [3.8, 4) is 28.0 Å². The lowest BCUT2D eigenvalue weighted by molar-refractivity contribution is -0.930. The zero-order valence-electron chi connectivity index (χ0n) is 29.2. The summed E-state index contributed by atoms with van der Waals surface area (Å²) in [5, 5.41) is 3.51. The summed E-state index contributed by atoms with van der Waals surface area (Å²) in [7, 11) is 0. The molecule has 48 heavy (non-hydrogen) atoms. The van der Waals surface area contributed by atoms with Crippen LogP contribution in [-0.4, -0.2) is 30.7 Å². The molecule has 5 aromatic rings. The number of aryl methyl sites for hydroxylation is 1. The number of ether oxygens (including phenoxy) is 1. The highest BCUT2D eigenvalue weighted by Gasteiger charge is 2.28. The van der Waals surface area contributed by atoms with E-state index >= 15 is 0 Å². The predicted octanol–water partition coefficient (Wildman–Crippen LogP) is 10.6. The van der Waals surface area contributed by atoms with Crippen LogP contribution in [0.2, 0.25) is 0 Å². The van der Waals surface area contributed by atoms with Crippen LogP contribution in [0.25, 0.3) is 39.4 Å². The average molecular weight is 642 g/mol. The zero-order valence-corrected chi connectivity index (χ0v) is 29.2. The van der Waals surface area contributed by atoms with Crippen molar-refractivity contribution in [2.24, 2.45) is 0 Å². The van der Waals surface area contributed by atoms with Crippen molar-refractivity contribution >= 4 is 22.9 Å². The van der Waals surface area contributed by atoms with Gasteiger partial charge in [0, 0.05) is 12.1 Å². The smallest absolute Gasteiger partial charge is 0.374 e. The van der Waals surface area contributed by atoms with Crippen LogP contribution in [0.1, 0.15) is 65.7 Å². The summed E-state index contributed by atoms with van der Waals surface area (Å²) in [6.07, 6.45) is 9.92. The van der Waals surface area contributed by atoms with Gasteiger partial charge in [-0.2, -0.15) is 4.57 Å². The maximum absolute atomic E-state index is 6.63. The molecule has 0 unspecified atom stereocenters. The van der Waals surface area contributed by atoms with Gasteiger partial charge in [-0.15, -0.1) is 0 Å². The monoisotopic (exact) mass is 641 g/mol. The number of fused-ring (bicyclic) bond motifs is 2. The second-order valence-electron chi connectivity index (χ2n) is 13.1. The number of anilines is 1. The minimum absolute atomic E-state index is 0.734. The number of hydrogen-bond acceptors (Lipinski definition) is 3. The SMILES string of the molecule is CCC[N+](CCC)(CCC)CCC[n+]1c(/C=C(/C=C2/Nc3cc(-c4ccccc4)ccc3O2)CC)oc2ccc(-c3ccccc3)cc21. The Labute approximate surface area is 286 Å². The molecule has 2 heterocycles. The van der Waals surface area contributed by atoms with Crippen molar-refractivity contribution in [1.29, 1.82) is 0 Å². The number of allylic oxidation sites excluding steroid dienone is 2.